The molecular formula is C10H14O2. The molecule has 0 bridgehead atoms. The van der Waals surface area contributed by atoms with Crippen molar-refractivity contribution in [3.05, 3.63) is 23.5 Å². The smallest absolute Gasteiger partial charge is 0.122 e. The SMILES string of the molecule is OC[C@H]1CCC2=C(C=CCC2)O1. The summed E-state index contributed by atoms with van der Waals surface area (Å²) in [6, 6.07) is 0. The lowest BCUT2D eigenvalue weighted by molar-refractivity contribution is 0.0453. The summed E-state index contributed by atoms with van der Waals surface area (Å²) >= 11 is 0. The van der Waals surface area contributed by atoms with Crippen molar-refractivity contribution in [1.82, 2.24) is 0 Å². The zero-order chi connectivity index (χ0) is 8.39. The molecule has 0 unspecified atom stereocenters. The molecule has 2 nitrogen and oxygen atoms in total. The first-order valence-electron chi connectivity index (χ1n) is 4.56. The van der Waals surface area contributed by atoms with Gasteiger partial charge in [0.2, 0.25) is 0 Å². The molecule has 12 heavy (non-hydrogen) atoms. The third-order valence-corrected chi connectivity index (χ3v) is 2.50. The maximum atomic E-state index is 8.91. The van der Waals surface area contributed by atoms with E-state index in [2.05, 4.69) is 6.08 Å². The lowest BCUT2D eigenvalue weighted by Crippen LogP contribution is -2.22. The van der Waals surface area contributed by atoms with Crippen LogP contribution in [0.5, 0.6) is 0 Å². The molecule has 1 N–H and O–H groups in total. The van der Waals surface area contributed by atoms with Crippen LogP contribution in [0.4, 0.5) is 0 Å². The second-order valence-corrected chi connectivity index (χ2v) is 3.37. The molecule has 0 fully saturated rings. The maximum Gasteiger partial charge on any atom is 0.122 e. The molecule has 2 aliphatic rings. The van der Waals surface area contributed by atoms with Gasteiger partial charge in [0.15, 0.2) is 0 Å². The second-order valence-electron chi connectivity index (χ2n) is 3.37. The highest BCUT2D eigenvalue weighted by molar-refractivity contribution is 5.26. The summed E-state index contributed by atoms with van der Waals surface area (Å²) in [6.45, 7) is 0.143. The molecule has 0 saturated carbocycles. The Morgan fingerprint density at radius 3 is 3.25 bits per heavy atom. The molecule has 66 valence electrons. The topological polar surface area (TPSA) is 29.5 Å². The summed E-state index contributed by atoms with van der Waals surface area (Å²) in [4.78, 5) is 0. The van der Waals surface area contributed by atoms with Crippen molar-refractivity contribution in [1.29, 1.82) is 0 Å². The molecule has 0 aromatic rings. The predicted octanol–water partition coefficient (Wildman–Crippen LogP) is 1.76. The summed E-state index contributed by atoms with van der Waals surface area (Å²) in [6.07, 6.45) is 8.58. The summed E-state index contributed by atoms with van der Waals surface area (Å²) < 4.78 is 5.58. The Labute approximate surface area is 72.5 Å². The lowest BCUT2D eigenvalue weighted by atomic mass is 9.95. The molecular weight excluding hydrogens is 152 g/mol. The lowest BCUT2D eigenvalue weighted by Gasteiger charge is -2.27. The molecule has 0 amide bonds. The molecule has 2 rings (SSSR count). The number of allylic oxidation sites excluding steroid dienone is 3. The standard InChI is InChI=1S/C10H14O2/c11-7-9-6-5-8-3-1-2-4-10(8)12-9/h2,4,9,11H,1,3,5-7H2/t9-/m1/s1. The molecule has 0 aromatic carbocycles. The summed E-state index contributed by atoms with van der Waals surface area (Å²) in [5.41, 5.74) is 1.43. The number of aliphatic hydroxyl groups is 1. The average Bonchev–Trinajstić information content (AvgIpc) is 2.17. The van der Waals surface area contributed by atoms with Crippen LogP contribution in [0.1, 0.15) is 25.7 Å². The van der Waals surface area contributed by atoms with E-state index in [1.165, 1.54) is 5.57 Å². The first-order chi connectivity index (χ1) is 5.90. The van der Waals surface area contributed by atoms with Crippen LogP contribution in [0.2, 0.25) is 0 Å². The van der Waals surface area contributed by atoms with E-state index < -0.39 is 0 Å². The van der Waals surface area contributed by atoms with Crippen molar-refractivity contribution in [3.63, 3.8) is 0 Å². The largest absolute Gasteiger partial charge is 0.488 e. The molecule has 1 heterocycles. The van der Waals surface area contributed by atoms with Crippen molar-refractivity contribution < 1.29 is 9.84 Å². The van der Waals surface area contributed by atoms with Gasteiger partial charge < -0.3 is 9.84 Å². The minimum Gasteiger partial charge on any atom is -0.488 e. The van der Waals surface area contributed by atoms with Gasteiger partial charge in [-0.1, -0.05) is 6.08 Å². The predicted molar refractivity (Wildman–Crippen MR) is 46.6 cm³/mol. The van der Waals surface area contributed by atoms with E-state index in [9.17, 15) is 0 Å². The third-order valence-electron chi connectivity index (χ3n) is 2.50. The van der Waals surface area contributed by atoms with E-state index in [4.69, 9.17) is 9.84 Å². The van der Waals surface area contributed by atoms with Crippen LogP contribution in [0.25, 0.3) is 0 Å². The molecule has 0 aromatic heterocycles. The average molecular weight is 166 g/mol. The zero-order valence-corrected chi connectivity index (χ0v) is 7.12. The Morgan fingerprint density at radius 2 is 2.42 bits per heavy atom. The van der Waals surface area contributed by atoms with Crippen molar-refractivity contribution in [2.45, 2.75) is 31.8 Å². The van der Waals surface area contributed by atoms with Crippen molar-refractivity contribution in [2.75, 3.05) is 6.61 Å². The first kappa shape index (κ1) is 7.87. The van der Waals surface area contributed by atoms with Crippen LogP contribution < -0.4 is 0 Å². The van der Waals surface area contributed by atoms with Crippen LogP contribution >= 0.6 is 0 Å². The highest BCUT2D eigenvalue weighted by Crippen LogP contribution is 2.30. The van der Waals surface area contributed by atoms with Crippen LogP contribution in [-0.2, 0) is 4.74 Å². The van der Waals surface area contributed by atoms with Crippen molar-refractivity contribution in [2.24, 2.45) is 0 Å². The summed E-state index contributed by atoms with van der Waals surface area (Å²) in [5, 5.41) is 8.91. The number of ether oxygens (including phenoxy) is 1. The van der Waals surface area contributed by atoms with E-state index in [1.54, 1.807) is 0 Å². The zero-order valence-electron chi connectivity index (χ0n) is 7.12. The third kappa shape index (κ3) is 1.39. The van der Waals surface area contributed by atoms with Crippen LogP contribution in [-0.4, -0.2) is 17.8 Å². The van der Waals surface area contributed by atoms with Crippen molar-refractivity contribution in [3.8, 4) is 0 Å². The summed E-state index contributed by atoms with van der Waals surface area (Å²) in [7, 11) is 0. The number of hydrogen-bond acceptors (Lipinski definition) is 2. The number of rotatable bonds is 1. The fraction of sp³-hybridized carbons (Fsp3) is 0.600. The van der Waals surface area contributed by atoms with E-state index in [0.717, 1.165) is 31.4 Å². The van der Waals surface area contributed by atoms with Gasteiger partial charge in [0.05, 0.1) is 6.61 Å². The molecule has 1 atom stereocenters. The van der Waals surface area contributed by atoms with Gasteiger partial charge in [0.1, 0.15) is 11.9 Å². The van der Waals surface area contributed by atoms with Gasteiger partial charge in [-0.3, -0.25) is 0 Å². The van der Waals surface area contributed by atoms with Crippen LogP contribution in [0.15, 0.2) is 23.5 Å². The Morgan fingerprint density at radius 1 is 1.50 bits per heavy atom. The highest BCUT2D eigenvalue weighted by Gasteiger charge is 2.20. The molecule has 2 heteroatoms. The number of hydrogen-bond donors (Lipinski definition) is 1. The monoisotopic (exact) mass is 166 g/mol. The highest BCUT2D eigenvalue weighted by atomic mass is 16.5. The van der Waals surface area contributed by atoms with Crippen molar-refractivity contribution >= 4 is 0 Å². The van der Waals surface area contributed by atoms with Gasteiger partial charge in [-0.2, -0.15) is 0 Å². The fourth-order valence-electron chi connectivity index (χ4n) is 1.76. The van der Waals surface area contributed by atoms with E-state index in [1.807, 2.05) is 6.08 Å². The minimum absolute atomic E-state index is 0.0338. The maximum absolute atomic E-state index is 8.91. The Hall–Kier alpha value is -0.760. The Bertz CT molecular complexity index is 228. The van der Waals surface area contributed by atoms with Gasteiger partial charge >= 0.3 is 0 Å². The van der Waals surface area contributed by atoms with Gasteiger partial charge in [0.25, 0.3) is 0 Å². The molecule has 0 saturated heterocycles. The quantitative estimate of drug-likeness (QED) is 0.643. The molecule has 0 radical (unpaired) electrons. The normalized spacial score (nSPS) is 28.2. The van der Waals surface area contributed by atoms with E-state index in [-0.39, 0.29) is 12.7 Å². The van der Waals surface area contributed by atoms with Crippen LogP contribution in [0, 0.1) is 0 Å². The van der Waals surface area contributed by atoms with Gasteiger partial charge in [0, 0.05) is 0 Å². The van der Waals surface area contributed by atoms with Gasteiger partial charge in [-0.05, 0) is 37.3 Å². The fourth-order valence-corrected chi connectivity index (χ4v) is 1.76. The molecule has 0 spiro atoms. The van der Waals surface area contributed by atoms with Gasteiger partial charge in [-0.15, -0.1) is 0 Å². The van der Waals surface area contributed by atoms with E-state index >= 15 is 0 Å². The van der Waals surface area contributed by atoms with Gasteiger partial charge in [-0.25, -0.2) is 0 Å². The first-order valence-corrected chi connectivity index (χ1v) is 4.56. The Kier molecular flexibility index (Phi) is 2.17. The number of aliphatic hydroxyl groups excluding tert-OH is 1. The van der Waals surface area contributed by atoms with E-state index in [0.29, 0.717) is 0 Å². The second kappa shape index (κ2) is 3.31. The summed E-state index contributed by atoms with van der Waals surface area (Å²) in [5.74, 6) is 1.02. The molecule has 1 aliphatic heterocycles. The molecule has 1 aliphatic carbocycles. The minimum atomic E-state index is 0.0338. The van der Waals surface area contributed by atoms with Crippen LogP contribution in [0.3, 0.4) is 0 Å². The Balaban J connectivity index is 2.11.